The van der Waals surface area contributed by atoms with Crippen molar-refractivity contribution in [2.45, 2.75) is 0 Å². The lowest BCUT2D eigenvalue weighted by atomic mass is 9.72. The quantitative estimate of drug-likeness (QED) is 0.667. The summed E-state index contributed by atoms with van der Waals surface area (Å²) in [4.78, 5) is 40.4. The molecule has 3 fully saturated rings. The first kappa shape index (κ1) is 17.5. The van der Waals surface area contributed by atoms with Crippen molar-refractivity contribution in [3.05, 3.63) is 35.4 Å². The number of benzene rings is 1. The molecule has 0 amide bonds. The molecule has 2 atom stereocenters. The molecule has 3 heterocycles. The molecule has 0 bridgehead atoms. The summed E-state index contributed by atoms with van der Waals surface area (Å²) in [5.41, 5.74) is 7.10. The van der Waals surface area contributed by atoms with Gasteiger partial charge in [-0.15, -0.1) is 0 Å². The molecule has 2 N–H and O–H groups in total. The molecule has 28 heavy (non-hydrogen) atoms. The Morgan fingerprint density at radius 3 is 1.61 bits per heavy atom. The lowest BCUT2D eigenvalue weighted by molar-refractivity contribution is 0.0815. The largest absolute Gasteiger partial charge is 0.299 e. The molecule has 1 aromatic rings. The molecule has 3 aliphatic heterocycles. The van der Waals surface area contributed by atoms with Crippen LogP contribution in [0.15, 0.2) is 34.3 Å². The van der Waals surface area contributed by atoms with E-state index in [-0.39, 0.29) is 11.6 Å². The van der Waals surface area contributed by atoms with Crippen LogP contribution in [0.5, 0.6) is 0 Å². The number of rotatable bonds is 6. The average molecular weight is 380 g/mol. The average Bonchev–Trinajstić information content (AvgIpc) is 3.62. The number of carbonyl (C=O) groups excluding carboxylic acids is 2. The van der Waals surface area contributed by atoms with E-state index in [2.05, 4.69) is 30.6 Å². The molecule has 0 saturated carbocycles. The Morgan fingerprint density at radius 1 is 0.786 bits per heavy atom. The fraction of sp³-hybridized carbons (Fsp3) is 0.500. The highest BCUT2D eigenvalue weighted by atomic mass is 16.1. The van der Waals surface area contributed by atoms with Gasteiger partial charge in [0.25, 0.3) is 0 Å². The molecule has 146 valence electrons. The van der Waals surface area contributed by atoms with Crippen molar-refractivity contribution in [3.8, 4) is 0 Å². The first-order valence-corrected chi connectivity index (χ1v) is 9.95. The van der Waals surface area contributed by atoms with Crippen molar-refractivity contribution in [2.75, 3.05) is 52.4 Å². The Kier molecular flexibility index (Phi) is 4.44. The summed E-state index contributed by atoms with van der Waals surface area (Å²) in [5.74, 6) is -0.276. The summed E-state index contributed by atoms with van der Waals surface area (Å²) in [6, 6.07) is 7.07. The first-order chi connectivity index (χ1) is 13.7. The molecule has 8 heteroatoms. The van der Waals surface area contributed by atoms with Crippen LogP contribution < -0.4 is 10.9 Å². The highest BCUT2D eigenvalue weighted by Crippen LogP contribution is 2.33. The SMILES string of the molecule is O=C1c2ccccc2C(=O)C2C(=NCCN3CC3)NNC(=NCCN3CC3)C12. The van der Waals surface area contributed by atoms with Gasteiger partial charge in [-0.2, -0.15) is 0 Å². The van der Waals surface area contributed by atoms with Crippen molar-refractivity contribution < 1.29 is 9.59 Å². The fourth-order valence-electron chi connectivity index (χ4n) is 3.89. The molecule has 1 aliphatic carbocycles. The van der Waals surface area contributed by atoms with E-state index in [0.29, 0.717) is 35.9 Å². The number of hydrogen-bond acceptors (Lipinski definition) is 6. The van der Waals surface area contributed by atoms with Crippen molar-refractivity contribution in [3.63, 3.8) is 0 Å². The third-order valence-corrected chi connectivity index (χ3v) is 5.74. The van der Waals surface area contributed by atoms with Crippen LogP contribution in [0.4, 0.5) is 0 Å². The maximum absolute atomic E-state index is 13.3. The molecule has 3 saturated heterocycles. The van der Waals surface area contributed by atoms with Crippen molar-refractivity contribution in [2.24, 2.45) is 21.8 Å². The number of amidine groups is 2. The number of hydrazine groups is 1. The predicted molar refractivity (Wildman–Crippen MR) is 106 cm³/mol. The van der Waals surface area contributed by atoms with Crippen LogP contribution >= 0.6 is 0 Å². The molecular formula is C20H24N6O2. The van der Waals surface area contributed by atoms with Crippen LogP contribution in [-0.2, 0) is 0 Å². The van der Waals surface area contributed by atoms with E-state index in [4.69, 9.17) is 0 Å². The second-order valence-corrected chi connectivity index (χ2v) is 7.70. The number of Topliss-reactive ketones (excluding diaryl/α,β-unsaturated/α-hetero) is 2. The number of nitrogens with one attached hydrogen (secondary N) is 2. The van der Waals surface area contributed by atoms with Crippen molar-refractivity contribution in [1.29, 1.82) is 0 Å². The van der Waals surface area contributed by atoms with Crippen LogP contribution in [0, 0.1) is 11.8 Å². The minimum absolute atomic E-state index is 0.0571. The fourth-order valence-corrected chi connectivity index (χ4v) is 3.89. The van der Waals surface area contributed by atoms with Gasteiger partial charge in [0.05, 0.1) is 24.9 Å². The Morgan fingerprint density at radius 2 is 1.21 bits per heavy atom. The molecule has 0 aromatic heterocycles. The zero-order chi connectivity index (χ0) is 19.1. The summed E-state index contributed by atoms with van der Waals surface area (Å²) in [7, 11) is 0. The van der Waals surface area contributed by atoms with Gasteiger partial charge in [0.2, 0.25) is 0 Å². The highest BCUT2D eigenvalue weighted by Gasteiger charge is 2.49. The van der Waals surface area contributed by atoms with Gasteiger partial charge < -0.3 is 0 Å². The van der Waals surface area contributed by atoms with E-state index < -0.39 is 11.8 Å². The van der Waals surface area contributed by atoms with Gasteiger partial charge in [0, 0.05) is 50.4 Å². The zero-order valence-electron chi connectivity index (χ0n) is 15.7. The third kappa shape index (κ3) is 3.33. The van der Waals surface area contributed by atoms with Gasteiger partial charge >= 0.3 is 0 Å². The Balaban J connectivity index is 1.46. The van der Waals surface area contributed by atoms with Crippen LogP contribution in [0.1, 0.15) is 20.7 Å². The van der Waals surface area contributed by atoms with Crippen molar-refractivity contribution in [1.82, 2.24) is 20.7 Å². The molecule has 5 rings (SSSR count). The smallest absolute Gasteiger partial charge is 0.175 e. The monoisotopic (exact) mass is 380 g/mol. The van der Waals surface area contributed by atoms with Crippen LogP contribution in [0.25, 0.3) is 0 Å². The number of aliphatic imine (C=N–C) groups is 2. The molecule has 4 aliphatic rings. The van der Waals surface area contributed by atoms with Crippen LogP contribution in [-0.4, -0.2) is 85.4 Å². The molecular weight excluding hydrogens is 356 g/mol. The van der Waals surface area contributed by atoms with Gasteiger partial charge in [0.15, 0.2) is 11.6 Å². The summed E-state index contributed by atoms with van der Waals surface area (Å²) in [6.07, 6.45) is 0. The van der Waals surface area contributed by atoms with E-state index in [9.17, 15) is 9.59 Å². The zero-order valence-corrected chi connectivity index (χ0v) is 15.7. The first-order valence-electron chi connectivity index (χ1n) is 9.95. The number of ketones is 2. The van der Waals surface area contributed by atoms with Gasteiger partial charge in [-0.3, -0.25) is 40.2 Å². The predicted octanol–water partition coefficient (Wildman–Crippen LogP) is -0.166. The molecule has 1 aromatic carbocycles. The molecule has 2 unspecified atom stereocenters. The summed E-state index contributed by atoms with van der Waals surface area (Å²) in [6.45, 7) is 7.41. The van der Waals surface area contributed by atoms with Crippen LogP contribution in [0.3, 0.4) is 0 Å². The normalized spacial score (nSPS) is 29.3. The number of carbonyl (C=O) groups is 2. The van der Waals surface area contributed by atoms with E-state index in [1.54, 1.807) is 24.3 Å². The van der Waals surface area contributed by atoms with Gasteiger partial charge in [-0.25, -0.2) is 0 Å². The van der Waals surface area contributed by atoms with Gasteiger partial charge in [-0.05, 0) is 0 Å². The van der Waals surface area contributed by atoms with Gasteiger partial charge in [-0.1, -0.05) is 24.3 Å². The van der Waals surface area contributed by atoms with E-state index in [0.717, 1.165) is 39.3 Å². The topological polar surface area (TPSA) is 88.9 Å². The van der Waals surface area contributed by atoms with Crippen molar-refractivity contribution >= 4 is 23.2 Å². The lowest BCUT2D eigenvalue weighted by Gasteiger charge is -2.37. The number of nitrogens with zero attached hydrogens (tertiary/aromatic N) is 4. The molecule has 8 nitrogen and oxygen atoms in total. The maximum Gasteiger partial charge on any atom is 0.175 e. The van der Waals surface area contributed by atoms with E-state index in [1.165, 1.54) is 0 Å². The highest BCUT2D eigenvalue weighted by molar-refractivity contribution is 6.30. The number of hydrogen-bond donors (Lipinski definition) is 2. The number of fused-ring (bicyclic) bond motifs is 2. The minimum atomic E-state index is -0.627. The standard InChI is InChI=1S/C20H24N6O2/c27-17-13-3-1-2-4-14(13)18(28)16-15(17)19(21-5-7-25-9-10-25)23-24-20(16)22-6-8-26-11-12-26/h1-4,15-16H,5-12H2,(H,21,23)(H,22,24). The van der Waals surface area contributed by atoms with Gasteiger partial charge in [0.1, 0.15) is 11.7 Å². The van der Waals surface area contributed by atoms with E-state index >= 15 is 0 Å². The Labute approximate surface area is 163 Å². The van der Waals surface area contributed by atoms with Crippen LogP contribution in [0.2, 0.25) is 0 Å². The maximum atomic E-state index is 13.3. The molecule has 0 spiro atoms. The molecule has 0 radical (unpaired) electrons. The summed E-state index contributed by atoms with van der Waals surface area (Å²) in [5, 5.41) is 0. The summed E-state index contributed by atoms with van der Waals surface area (Å²) < 4.78 is 0. The summed E-state index contributed by atoms with van der Waals surface area (Å²) >= 11 is 0. The second-order valence-electron chi connectivity index (χ2n) is 7.70. The lowest BCUT2D eigenvalue weighted by Crippen LogP contribution is -2.62. The third-order valence-electron chi connectivity index (χ3n) is 5.74. The second kappa shape index (κ2) is 7.10. The Bertz CT molecular complexity index is 800. The van der Waals surface area contributed by atoms with E-state index in [1.807, 2.05) is 0 Å². The minimum Gasteiger partial charge on any atom is -0.299 e. The Hall–Kier alpha value is -2.58.